The molecule has 6 aromatic rings. The second kappa shape index (κ2) is 15.4. The van der Waals surface area contributed by atoms with Gasteiger partial charge in [0, 0.05) is 22.4 Å². The van der Waals surface area contributed by atoms with E-state index in [0.29, 0.717) is 11.5 Å². The Morgan fingerprint density at radius 2 is 1.61 bits per heavy atom. The molecule has 1 aromatic heterocycles. The molecule has 0 saturated carbocycles. The topological polar surface area (TPSA) is 188 Å². The number of thioether (sulfide) groups is 1. The summed E-state index contributed by atoms with van der Waals surface area (Å²) in [6, 6.07) is 27.2. The van der Waals surface area contributed by atoms with E-state index >= 15 is 0 Å². The molecule has 2 heterocycles. The number of nitrogens with one attached hydrogen (secondary N) is 1. The maximum absolute atomic E-state index is 12.7. The molecule has 14 nitrogen and oxygen atoms in total. The van der Waals surface area contributed by atoms with Crippen LogP contribution < -0.4 is 16.0 Å². The molecule has 0 radical (unpaired) electrons. The van der Waals surface area contributed by atoms with Crippen LogP contribution in [0.15, 0.2) is 106 Å². The average Bonchev–Trinajstić information content (AvgIpc) is 3.48. The maximum atomic E-state index is 12.7. The van der Waals surface area contributed by atoms with Gasteiger partial charge >= 0.3 is 30.7 Å². The van der Waals surface area contributed by atoms with Crippen LogP contribution in [-0.2, 0) is 27.0 Å². The van der Waals surface area contributed by atoms with Crippen LogP contribution in [0.1, 0.15) is 11.8 Å². The molecule has 0 spiro atoms. The summed E-state index contributed by atoms with van der Waals surface area (Å²) < 4.78 is 45.9. The van der Waals surface area contributed by atoms with Crippen molar-refractivity contribution in [2.24, 2.45) is 0 Å². The normalized spacial score (nSPS) is 20.2. The molecule has 5 aromatic carbocycles. The minimum Gasteiger partial charge on any atom is -0.483 e. The molecule has 18 heteroatoms. The van der Waals surface area contributed by atoms with Gasteiger partial charge in [0.05, 0.1) is 13.2 Å². The summed E-state index contributed by atoms with van der Waals surface area (Å²) in [5.41, 5.74) is -1.09. The van der Waals surface area contributed by atoms with Gasteiger partial charge < -0.3 is 33.2 Å². The Bertz CT molecular complexity index is 2310. The van der Waals surface area contributed by atoms with Crippen molar-refractivity contribution in [1.82, 2.24) is 9.55 Å². The lowest BCUT2D eigenvalue weighted by molar-refractivity contribution is -0.00713. The first kappa shape index (κ1) is 36.1. The quantitative estimate of drug-likeness (QED) is 0.0408. The number of phosphoric acid groups is 1. The standard InChI is InChI=1S/C33H31N2O12P3S/c1-20-18-35(33(37)34-31(20)36)32-30(44-24-8-3-2-4-9-24)26(19-42-32)45-49(39)47-50(40,41)46-48(38)43-16-17-51-27-15-13-23-11-10-21-6-5-7-22-12-14-25(27)29(23)28(21)22/h2-15,18,26,30,32,38-39H,16-17,19H2,1H3,(H,40,41)(H,34,36,37)/t26-,30?,32?,48?,49?/m0/s1. The van der Waals surface area contributed by atoms with E-state index in [-0.39, 0.29) is 18.8 Å². The second-order valence-corrected chi connectivity index (χ2v) is 16.3. The second-order valence-electron chi connectivity index (χ2n) is 11.5. The summed E-state index contributed by atoms with van der Waals surface area (Å²) in [4.78, 5) is 58.8. The van der Waals surface area contributed by atoms with Gasteiger partial charge in [-0.2, -0.15) is 0 Å². The lowest BCUT2D eigenvalue weighted by Gasteiger charge is -2.26. The van der Waals surface area contributed by atoms with Crippen molar-refractivity contribution in [1.29, 1.82) is 0 Å². The number of hydrogen-bond acceptors (Lipinski definition) is 12. The minimum atomic E-state index is -5.09. The highest BCUT2D eigenvalue weighted by Crippen LogP contribution is 2.63. The predicted molar refractivity (Wildman–Crippen MR) is 194 cm³/mol. The van der Waals surface area contributed by atoms with Crippen molar-refractivity contribution < 1.29 is 46.4 Å². The first-order valence-electron chi connectivity index (χ1n) is 15.5. The minimum absolute atomic E-state index is 0.0257. The van der Waals surface area contributed by atoms with Gasteiger partial charge in [-0.15, -0.1) is 11.8 Å². The van der Waals surface area contributed by atoms with Gasteiger partial charge in [-0.25, -0.2) is 18.0 Å². The van der Waals surface area contributed by atoms with Crippen molar-refractivity contribution in [3.8, 4) is 5.75 Å². The third-order valence-electron chi connectivity index (χ3n) is 8.12. The molecule has 1 aliphatic rings. The first-order chi connectivity index (χ1) is 24.6. The van der Waals surface area contributed by atoms with Crippen molar-refractivity contribution in [3.05, 3.63) is 118 Å². The summed E-state index contributed by atoms with van der Waals surface area (Å²) in [5, 5.41) is 6.90. The molecule has 1 saturated heterocycles. The van der Waals surface area contributed by atoms with Crippen LogP contribution in [0.25, 0.3) is 32.3 Å². The molecule has 4 N–H and O–H groups in total. The average molecular weight is 773 g/mol. The van der Waals surface area contributed by atoms with E-state index in [0.717, 1.165) is 31.0 Å². The zero-order valence-corrected chi connectivity index (χ0v) is 30.2. The van der Waals surface area contributed by atoms with Gasteiger partial charge in [0.25, 0.3) is 5.56 Å². The number of ether oxygens (including phenoxy) is 2. The Morgan fingerprint density at radius 3 is 2.37 bits per heavy atom. The number of aryl methyl sites for hydroxylation is 1. The molecule has 51 heavy (non-hydrogen) atoms. The highest BCUT2D eigenvalue weighted by molar-refractivity contribution is 7.99. The zero-order chi connectivity index (χ0) is 35.7. The van der Waals surface area contributed by atoms with Gasteiger partial charge in [0.1, 0.15) is 11.9 Å². The van der Waals surface area contributed by atoms with Crippen LogP contribution in [0.3, 0.4) is 0 Å². The van der Waals surface area contributed by atoms with Gasteiger partial charge in [-0.3, -0.25) is 14.3 Å². The molecular weight excluding hydrogens is 741 g/mol. The third kappa shape index (κ3) is 8.06. The summed E-state index contributed by atoms with van der Waals surface area (Å²) in [5.74, 6) is 0.767. The number of aromatic amines is 1. The monoisotopic (exact) mass is 772 g/mol. The van der Waals surface area contributed by atoms with Crippen LogP contribution in [0.4, 0.5) is 0 Å². The predicted octanol–water partition coefficient (Wildman–Crippen LogP) is 6.48. The smallest absolute Gasteiger partial charge is 0.483 e. The molecule has 5 unspecified atom stereocenters. The zero-order valence-electron chi connectivity index (χ0n) is 26.7. The lowest BCUT2D eigenvalue weighted by atomic mass is 9.94. The van der Waals surface area contributed by atoms with E-state index < -0.39 is 54.7 Å². The van der Waals surface area contributed by atoms with Crippen molar-refractivity contribution in [3.63, 3.8) is 0 Å². The van der Waals surface area contributed by atoms with E-state index in [2.05, 4.69) is 47.4 Å². The largest absolute Gasteiger partial charge is 0.485 e. The van der Waals surface area contributed by atoms with Gasteiger partial charge in [-0.05, 0) is 57.4 Å². The van der Waals surface area contributed by atoms with Crippen LogP contribution in [0, 0.1) is 6.92 Å². The maximum Gasteiger partial charge on any atom is 0.485 e. The fraction of sp³-hybridized carbons (Fsp3) is 0.212. The van der Waals surface area contributed by atoms with Gasteiger partial charge in [0.2, 0.25) is 0 Å². The van der Waals surface area contributed by atoms with Crippen LogP contribution >= 0.6 is 36.8 Å². The van der Waals surface area contributed by atoms with Gasteiger partial charge in [0.15, 0.2) is 12.3 Å². The van der Waals surface area contributed by atoms with Crippen LogP contribution in [0.5, 0.6) is 5.75 Å². The van der Waals surface area contributed by atoms with Crippen LogP contribution in [0.2, 0.25) is 0 Å². The fourth-order valence-electron chi connectivity index (χ4n) is 5.91. The molecular formula is C33H31N2O12P3S. The third-order valence-corrected chi connectivity index (χ3v) is 12.8. The van der Waals surface area contributed by atoms with Crippen molar-refractivity contribution in [2.45, 2.75) is 30.3 Å². The molecule has 266 valence electrons. The Hall–Kier alpha value is -3.26. The first-order valence-corrected chi connectivity index (χ1v) is 20.2. The van der Waals surface area contributed by atoms with E-state index in [4.69, 9.17) is 27.1 Å². The summed E-state index contributed by atoms with van der Waals surface area (Å²) >= 11 is 1.50. The van der Waals surface area contributed by atoms with E-state index in [1.54, 1.807) is 30.3 Å². The number of H-pyrrole nitrogens is 1. The number of nitrogens with zero attached hydrogens (tertiary/aromatic N) is 1. The Labute approximate surface area is 296 Å². The number of aromatic nitrogens is 2. The van der Waals surface area contributed by atoms with Crippen molar-refractivity contribution >= 4 is 69.1 Å². The van der Waals surface area contributed by atoms with E-state index in [9.17, 15) is 28.8 Å². The summed E-state index contributed by atoms with van der Waals surface area (Å²) in [6.45, 7) is 1.25. The molecule has 6 atom stereocenters. The summed E-state index contributed by atoms with van der Waals surface area (Å²) in [6.07, 6.45) is -2.01. The lowest BCUT2D eigenvalue weighted by Crippen LogP contribution is -2.41. The Kier molecular flexibility index (Phi) is 10.9. The molecule has 7 rings (SSSR count). The fourth-order valence-corrected chi connectivity index (χ4v) is 9.71. The number of hydrogen-bond donors (Lipinski definition) is 4. The Morgan fingerprint density at radius 1 is 0.922 bits per heavy atom. The molecule has 0 amide bonds. The summed E-state index contributed by atoms with van der Waals surface area (Å²) in [7, 11) is -11.1. The van der Waals surface area contributed by atoms with E-state index in [1.165, 1.54) is 35.7 Å². The number of para-hydroxylation sites is 1. The molecule has 1 fully saturated rings. The molecule has 0 bridgehead atoms. The van der Waals surface area contributed by atoms with E-state index in [1.807, 2.05) is 12.1 Å². The number of rotatable bonds is 14. The highest BCUT2D eigenvalue weighted by Gasteiger charge is 2.45. The van der Waals surface area contributed by atoms with Gasteiger partial charge in [-0.1, -0.05) is 66.7 Å². The molecule has 0 aliphatic carbocycles. The highest BCUT2D eigenvalue weighted by atomic mass is 32.2. The van der Waals surface area contributed by atoms with Crippen LogP contribution in [-0.4, -0.2) is 55.4 Å². The van der Waals surface area contributed by atoms with Crippen molar-refractivity contribution in [2.75, 3.05) is 19.0 Å². The molecule has 1 aliphatic heterocycles. The SMILES string of the molecule is Cc1cn(C2OC[C@H](OP(O)OP(=O)(O)OP(O)OCCSc3ccc4ccc5cccc6ccc3c4c56)C2Oc2ccccc2)c(=O)[nH]c1=O. The number of benzene rings is 5. The Balaban J connectivity index is 0.943.